The largest absolute Gasteiger partial charge is 0.490 e. The molecule has 3 atom stereocenters. The number of guanidine groups is 1. The minimum Gasteiger partial charge on any atom is -0.490 e. The van der Waals surface area contributed by atoms with Crippen molar-refractivity contribution in [2.45, 2.75) is 109 Å². The molecule has 56 heavy (non-hydrogen) atoms. The van der Waals surface area contributed by atoms with Gasteiger partial charge in [-0.25, -0.2) is 17.9 Å². The van der Waals surface area contributed by atoms with Gasteiger partial charge in [0.15, 0.2) is 5.78 Å². The molecule has 0 radical (unpaired) electrons. The molecule has 0 aromatic heterocycles. The molecule has 1 aliphatic heterocycles. The molecule has 3 rings (SSSR count). The first-order valence-corrected chi connectivity index (χ1v) is 20.1. The number of ether oxygens (including phenoxy) is 3. The van der Waals surface area contributed by atoms with Crippen molar-refractivity contribution in [2.24, 2.45) is 16.6 Å². The number of hydrogen-bond acceptors (Lipinski definition) is 10. The van der Waals surface area contributed by atoms with Crippen molar-refractivity contribution >= 4 is 39.5 Å². The molecule has 0 unspecified atom stereocenters. The maximum atomic E-state index is 13.8. The molecule has 0 fully saturated rings. The van der Waals surface area contributed by atoms with Crippen LogP contribution in [0.5, 0.6) is 11.5 Å². The summed E-state index contributed by atoms with van der Waals surface area (Å²) in [6.45, 7) is 18.2. The molecular weight excluding hydrogens is 739 g/mol. The fourth-order valence-electron chi connectivity index (χ4n) is 6.64. The average molecular weight is 796 g/mol. The zero-order chi connectivity index (χ0) is 41.8. The van der Waals surface area contributed by atoms with Crippen molar-refractivity contribution in [3.05, 3.63) is 77.4 Å². The van der Waals surface area contributed by atoms with E-state index in [0.717, 1.165) is 23.1 Å². The molecule has 1 heterocycles. The van der Waals surface area contributed by atoms with Crippen LogP contribution in [0.25, 0.3) is 0 Å². The number of amides is 2. The summed E-state index contributed by atoms with van der Waals surface area (Å²) in [4.78, 5) is 56.3. The van der Waals surface area contributed by atoms with Crippen molar-refractivity contribution in [3.8, 4) is 11.5 Å². The number of aliphatic imine (C=N–C) groups is 1. The SMILES string of the molecule is C=CCOc1ccc(C[C@H](NC(C)=O)C(=O)C[C@@H](CCCN=C(N)NS(=O)(=O)c2c(C)c(C)c3c(c2C)CCC(C)(C)O3)C(=O)N[C@H](CC=C)C(=O)OC)cc1. The minimum absolute atomic E-state index is 0.0128. The van der Waals surface area contributed by atoms with E-state index in [1.54, 1.807) is 44.2 Å². The Balaban J connectivity index is 1.79. The molecule has 306 valence electrons. The predicted octanol–water partition coefficient (Wildman–Crippen LogP) is 4.21. The molecule has 14 nitrogen and oxygen atoms in total. The number of Topliss-reactive ketones (excluding diaryl/α,β-unsaturated/α-hetero) is 1. The van der Waals surface area contributed by atoms with E-state index in [-0.39, 0.29) is 55.1 Å². The average Bonchev–Trinajstić information content (AvgIpc) is 3.13. The smallest absolute Gasteiger partial charge is 0.328 e. The molecule has 0 saturated heterocycles. The van der Waals surface area contributed by atoms with Gasteiger partial charge in [0, 0.05) is 25.8 Å². The van der Waals surface area contributed by atoms with Crippen LogP contribution in [0.1, 0.15) is 80.7 Å². The number of hydrogen-bond donors (Lipinski definition) is 4. The van der Waals surface area contributed by atoms with Crippen LogP contribution in [0.15, 0.2) is 59.5 Å². The molecule has 0 saturated carbocycles. The zero-order valence-corrected chi connectivity index (χ0v) is 34.4. The van der Waals surface area contributed by atoms with Crippen molar-refractivity contribution in [3.63, 3.8) is 0 Å². The van der Waals surface area contributed by atoms with Gasteiger partial charge in [-0.1, -0.05) is 30.9 Å². The second-order valence-corrected chi connectivity index (χ2v) is 16.2. The summed E-state index contributed by atoms with van der Waals surface area (Å²) in [5.41, 5.74) is 9.20. The van der Waals surface area contributed by atoms with Crippen molar-refractivity contribution in [1.29, 1.82) is 0 Å². The van der Waals surface area contributed by atoms with E-state index in [2.05, 4.69) is 33.5 Å². The Hall–Kier alpha value is -5.18. The highest BCUT2D eigenvalue weighted by Gasteiger charge is 2.34. The van der Waals surface area contributed by atoms with Crippen molar-refractivity contribution in [2.75, 3.05) is 20.3 Å². The van der Waals surface area contributed by atoms with E-state index in [0.29, 0.717) is 35.7 Å². The highest BCUT2D eigenvalue weighted by Crippen LogP contribution is 2.42. The normalized spacial score (nSPS) is 15.2. The number of carbonyl (C=O) groups is 4. The van der Waals surface area contributed by atoms with Gasteiger partial charge in [0.1, 0.15) is 29.7 Å². The van der Waals surface area contributed by atoms with Crippen LogP contribution < -0.4 is 30.6 Å². The lowest BCUT2D eigenvalue weighted by molar-refractivity contribution is -0.145. The Kier molecular flexibility index (Phi) is 16.2. The molecule has 0 bridgehead atoms. The van der Waals surface area contributed by atoms with Gasteiger partial charge < -0.3 is 30.6 Å². The van der Waals surface area contributed by atoms with Crippen LogP contribution in [0.2, 0.25) is 0 Å². The van der Waals surface area contributed by atoms with Gasteiger partial charge in [-0.3, -0.25) is 19.4 Å². The summed E-state index contributed by atoms with van der Waals surface area (Å²) in [7, 11) is -2.94. The van der Waals surface area contributed by atoms with Gasteiger partial charge in [0.25, 0.3) is 10.0 Å². The third-order valence-corrected chi connectivity index (χ3v) is 11.3. The predicted molar refractivity (Wildman–Crippen MR) is 215 cm³/mol. The van der Waals surface area contributed by atoms with Crippen molar-refractivity contribution < 1.29 is 41.8 Å². The Labute approximate surface area is 330 Å². The molecule has 2 aromatic rings. The second-order valence-electron chi connectivity index (χ2n) is 14.6. The van der Waals surface area contributed by atoms with Gasteiger partial charge in [-0.05, 0) is 113 Å². The van der Waals surface area contributed by atoms with Crippen LogP contribution in [-0.4, -0.2) is 75.9 Å². The fraction of sp³-hybridized carbons (Fsp3) is 0.488. The standard InChI is InChI=1S/C41H57N5O9S/c1-10-13-33(39(50)53-9)45-38(49)30(24-35(48)34(44-28(6)47)23-29-15-17-31(18-16-29)54-22-11-2)14-12-21-43-40(42)46-56(51,52)37-26(4)25(3)36-32(27(37)5)19-20-41(7,8)55-36/h10-11,15-18,30,33-34H,1-2,12-14,19-24H2,3-9H3,(H,44,47)(H,45,49)(H3,42,43,46)/t30-,33-,34+/m1/s1. The zero-order valence-electron chi connectivity index (χ0n) is 33.6. The van der Waals surface area contributed by atoms with Crippen LogP contribution in [-0.2, 0) is 46.8 Å². The number of nitrogens with zero attached hydrogens (tertiary/aromatic N) is 1. The van der Waals surface area contributed by atoms with Crippen LogP contribution in [0.4, 0.5) is 0 Å². The summed E-state index contributed by atoms with van der Waals surface area (Å²) in [5.74, 6) is -2.05. The summed E-state index contributed by atoms with van der Waals surface area (Å²) in [5, 5.41) is 5.36. The first-order valence-electron chi connectivity index (χ1n) is 18.6. The first-order chi connectivity index (χ1) is 26.3. The van der Waals surface area contributed by atoms with E-state index < -0.39 is 51.6 Å². The number of nitrogens with two attached hydrogens (primary N) is 1. The van der Waals surface area contributed by atoms with Crippen LogP contribution in [0.3, 0.4) is 0 Å². The Morgan fingerprint density at radius 1 is 1.02 bits per heavy atom. The summed E-state index contributed by atoms with van der Waals surface area (Å²) >= 11 is 0. The first kappa shape index (κ1) is 45.2. The summed E-state index contributed by atoms with van der Waals surface area (Å²) < 4.78 is 46.4. The maximum absolute atomic E-state index is 13.8. The number of fused-ring (bicyclic) bond motifs is 1. The Morgan fingerprint density at radius 2 is 1.70 bits per heavy atom. The molecule has 0 spiro atoms. The molecule has 2 amide bonds. The number of benzene rings is 2. The highest BCUT2D eigenvalue weighted by atomic mass is 32.2. The minimum atomic E-state index is -4.14. The molecule has 1 aliphatic rings. The van der Waals surface area contributed by atoms with E-state index in [9.17, 15) is 27.6 Å². The topological polar surface area (TPSA) is 205 Å². The summed E-state index contributed by atoms with van der Waals surface area (Å²) in [6, 6.07) is 5.07. The van der Waals surface area contributed by atoms with E-state index in [4.69, 9.17) is 19.9 Å². The third-order valence-electron chi connectivity index (χ3n) is 9.69. The number of esters is 1. The quantitative estimate of drug-likeness (QED) is 0.0494. The summed E-state index contributed by atoms with van der Waals surface area (Å²) in [6.07, 6.45) is 4.79. The van der Waals surface area contributed by atoms with Gasteiger partial charge in [0.05, 0.1) is 18.0 Å². The lowest BCUT2D eigenvalue weighted by Crippen LogP contribution is -2.46. The fourth-order valence-corrected chi connectivity index (χ4v) is 8.16. The monoisotopic (exact) mass is 795 g/mol. The molecule has 0 aliphatic carbocycles. The van der Waals surface area contributed by atoms with Crippen LogP contribution >= 0.6 is 0 Å². The highest BCUT2D eigenvalue weighted by molar-refractivity contribution is 7.90. The van der Waals surface area contributed by atoms with Gasteiger partial charge in [0.2, 0.25) is 17.8 Å². The number of carbonyl (C=O) groups excluding carboxylic acids is 4. The number of nitrogens with one attached hydrogen (secondary N) is 3. The third kappa shape index (κ3) is 12.4. The van der Waals surface area contributed by atoms with E-state index in [1.807, 2.05) is 20.8 Å². The van der Waals surface area contributed by atoms with E-state index in [1.165, 1.54) is 20.1 Å². The second kappa shape index (κ2) is 20.1. The molecular formula is C41H57N5O9S. The number of methoxy groups -OCH3 is 1. The number of rotatable bonds is 20. The number of ketones is 1. The van der Waals surface area contributed by atoms with Gasteiger partial charge in [-0.15, -0.1) is 6.58 Å². The Morgan fingerprint density at radius 3 is 2.30 bits per heavy atom. The Bertz CT molecular complexity index is 1920. The molecule has 15 heteroatoms. The lowest BCUT2D eigenvalue weighted by Gasteiger charge is -2.35. The lowest BCUT2D eigenvalue weighted by atomic mass is 9.88. The van der Waals surface area contributed by atoms with Gasteiger partial charge >= 0.3 is 5.97 Å². The molecule has 5 N–H and O–H groups in total. The number of sulfonamides is 1. The maximum Gasteiger partial charge on any atom is 0.328 e. The van der Waals surface area contributed by atoms with Crippen LogP contribution in [0, 0.1) is 26.7 Å². The van der Waals surface area contributed by atoms with Gasteiger partial charge in [-0.2, -0.15) is 0 Å². The van der Waals surface area contributed by atoms with E-state index >= 15 is 0 Å². The molecule has 2 aromatic carbocycles. The van der Waals surface area contributed by atoms with Crippen molar-refractivity contribution in [1.82, 2.24) is 15.4 Å².